The molecule has 0 aliphatic rings. The number of benzene rings is 1. The van der Waals surface area contributed by atoms with Gasteiger partial charge in [-0.25, -0.2) is 0 Å². The first kappa shape index (κ1) is 13.5. The summed E-state index contributed by atoms with van der Waals surface area (Å²) in [5.41, 5.74) is 7.64. The van der Waals surface area contributed by atoms with E-state index in [0.717, 1.165) is 12.0 Å². The molecule has 0 aliphatic heterocycles. The minimum Gasteiger partial charge on any atom is -0.493 e. The Hall–Kier alpha value is -1.88. The summed E-state index contributed by atoms with van der Waals surface area (Å²) >= 11 is 6.41. The standard InChI is InChI=1S/C13H15ClN2O3/c1-4-7-5-9(17-2)13(18-3)11(12(7)14)8-6-10(15)19-16-8/h5-6H,4,15H2,1-3H3. The number of methoxy groups -OCH3 is 2. The molecule has 0 spiro atoms. The highest BCUT2D eigenvalue weighted by molar-refractivity contribution is 6.34. The molecule has 1 heterocycles. The van der Waals surface area contributed by atoms with Crippen LogP contribution in [-0.2, 0) is 6.42 Å². The summed E-state index contributed by atoms with van der Waals surface area (Å²) in [7, 11) is 3.12. The van der Waals surface area contributed by atoms with E-state index in [1.165, 1.54) is 0 Å². The second kappa shape index (κ2) is 5.40. The van der Waals surface area contributed by atoms with Gasteiger partial charge in [-0.1, -0.05) is 23.7 Å². The van der Waals surface area contributed by atoms with Crippen molar-refractivity contribution in [1.82, 2.24) is 5.16 Å². The molecule has 0 amide bonds. The lowest BCUT2D eigenvalue weighted by Gasteiger charge is -2.15. The van der Waals surface area contributed by atoms with Crippen LogP contribution in [0.15, 0.2) is 16.7 Å². The quantitative estimate of drug-likeness (QED) is 0.933. The van der Waals surface area contributed by atoms with Crippen LogP contribution in [0.4, 0.5) is 5.88 Å². The van der Waals surface area contributed by atoms with E-state index in [0.29, 0.717) is 27.8 Å². The first-order valence-corrected chi connectivity index (χ1v) is 6.16. The lowest BCUT2D eigenvalue weighted by molar-refractivity contribution is 0.355. The molecule has 1 aromatic heterocycles. The lowest BCUT2D eigenvalue weighted by Crippen LogP contribution is -1.97. The van der Waals surface area contributed by atoms with Gasteiger partial charge in [0.2, 0.25) is 5.88 Å². The van der Waals surface area contributed by atoms with Crippen molar-refractivity contribution >= 4 is 17.5 Å². The van der Waals surface area contributed by atoms with Crippen LogP contribution in [0.2, 0.25) is 5.02 Å². The van der Waals surface area contributed by atoms with Crippen molar-refractivity contribution in [3.63, 3.8) is 0 Å². The summed E-state index contributed by atoms with van der Waals surface area (Å²) in [6.07, 6.45) is 0.763. The minimum atomic E-state index is 0.217. The van der Waals surface area contributed by atoms with Gasteiger partial charge in [-0.2, -0.15) is 0 Å². The van der Waals surface area contributed by atoms with Gasteiger partial charge in [-0.3, -0.25) is 0 Å². The largest absolute Gasteiger partial charge is 0.493 e. The molecule has 2 aromatic rings. The Labute approximate surface area is 116 Å². The average molecular weight is 283 g/mol. The van der Waals surface area contributed by atoms with Crippen molar-refractivity contribution in [3.05, 3.63) is 22.7 Å². The van der Waals surface area contributed by atoms with Crippen molar-refractivity contribution in [2.45, 2.75) is 13.3 Å². The fourth-order valence-electron chi connectivity index (χ4n) is 1.92. The topological polar surface area (TPSA) is 70.5 Å². The van der Waals surface area contributed by atoms with Crippen LogP contribution in [-0.4, -0.2) is 19.4 Å². The highest BCUT2D eigenvalue weighted by Gasteiger charge is 2.21. The molecule has 0 fully saturated rings. The van der Waals surface area contributed by atoms with Crippen LogP contribution in [0.25, 0.3) is 11.3 Å². The van der Waals surface area contributed by atoms with Crippen LogP contribution in [0.3, 0.4) is 0 Å². The van der Waals surface area contributed by atoms with Gasteiger partial charge in [-0.15, -0.1) is 0 Å². The maximum atomic E-state index is 6.41. The molecule has 2 N–H and O–H groups in total. The predicted octanol–water partition coefficient (Wildman–Crippen LogP) is 3.16. The number of nitrogens with two attached hydrogens (primary N) is 1. The summed E-state index contributed by atoms with van der Waals surface area (Å²) in [5.74, 6) is 1.33. The van der Waals surface area contributed by atoms with Gasteiger partial charge in [0.25, 0.3) is 0 Å². The van der Waals surface area contributed by atoms with Gasteiger partial charge in [0.15, 0.2) is 11.5 Å². The van der Waals surface area contributed by atoms with Crippen molar-refractivity contribution in [1.29, 1.82) is 0 Å². The van der Waals surface area contributed by atoms with Gasteiger partial charge in [-0.05, 0) is 18.1 Å². The van der Waals surface area contributed by atoms with E-state index >= 15 is 0 Å². The average Bonchev–Trinajstić information content (AvgIpc) is 2.84. The van der Waals surface area contributed by atoms with Crippen LogP contribution >= 0.6 is 11.6 Å². The number of aromatic nitrogens is 1. The number of aryl methyl sites for hydroxylation is 1. The van der Waals surface area contributed by atoms with Gasteiger partial charge in [0.1, 0.15) is 5.69 Å². The van der Waals surface area contributed by atoms with Crippen LogP contribution in [0, 0.1) is 0 Å². The number of ether oxygens (including phenoxy) is 2. The summed E-state index contributed by atoms with van der Waals surface area (Å²) in [4.78, 5) is 0. The SMILES string of the molecule is CCc1cc(OC)c(OC)c(-c2cc(N)on2)c1Cl. The number of anilines is 1. The van der Waals surface area contributed by atoms with Gasteiger partial charge in [0, 0.05) is 6.07 Å². The number of halogens is 1. The summed E-state index contributed by atoms with van der Waals surface area (Å²) < 4.78 is 15.6. The first-order chi connectivity index (χ1) is 9.12. The van der Waals surface area contributed by atoms with E-state index in [4.69, 9.17) is 31.3 Å². The minimum absolute atomic E-state index is 0.217. The van der Waals surface area contributed by atoms with Gasteiger partial charge >= 0.3 is 0 Å². The Morgan fingerprint density at radius 2 is 2.05 bits per heavy atom. The molecule has 5 nitrogen and oxygen atoms in total. The molecule has 0 radical (unpaired) electrons. The molecule has 102 valence electrons. The second-order valence-electron chi connectivity index (χ2n) is 3.93. The van der Waals surface area contributed by atoms with E-state index < -0.39 is 0 Å². The monoisotopic (exact) mass is 282 g/mol. The Kier molecular flexibility index (Phi) is 3.85. The third-order valence-corrected chi connectivity index (χ3v) is 3.28. The molecule has 0 bridgehead atoms. The molecule has 6 heteroatoms. The van der Waals surface area contributed by atoms with Crippen molar-refractivity contribution in [2.75, 3.05) is 20.0 Å². The maximum Gasteiger partial charge on any atom is 0.222 e. The van der Waals surface area contributed by atoms with E-state index in [1.807, 2.05) is 13.0 Å². The third kappa shape index (κ3) is 2.33. The summed E-state index contributed by atoms with van der Waals surface area (Å²) in [5, 5.41) is 4.45. The Morgan fingerprint density at radius 3 is 2.53 bits per heavy atom. The Morgan fingerprint density at radius 1 is 1.32 bits per heavy atom. The van der Waals surface area contributed by atoms with E-state index in [1.54, 1.807) is 20.3 Å². The lowest BCUT2D eigenvalue weighted by atomic mass is 10.0. The Balaban J connectivity index is 2.75. The summed E-state index contributed by atoms with van der Waals surface area (Å²) in [6, 6.07) is 3.46. The zero-order valence-electron chi connectivity index (χ0n) is 11.0. The fourth-order valence-corrected chi connectivity index (χ4v) is 2.29. The van der Waals surface area contributed by atoms with Crippen molar-refractivity contribution in [3.8, 4) is 22.8 Å². The highest BCUT2D eigenvalue weighted by Crippen LogP contribution is 2.45. The zero-order chi connectivity index (χ0) is 14.0. The van der Waals surface area contributed by atoms with Crippen LogP contribution < -0.4 is 15.2 Å². The van der Waals surface area contributed by atoms with E-state index in [9.17, 15) is 0 Å². The molecule has 0 unspecified atom stereocenters. The number of hydrogen-bond donors (Lipinski definition) is 1. The highest BCUT2D eigenvalue weighted by atomic mass is 35.5. The number of rotatable bonds is 4. The van der Waals surface area contributed by atoms with Crippen LogP contribution in [0.1, 0.15) is 12.5 Å². The number of hydrogen-bond acceptors (Lipinski definition) is 5. The Bertz CT molecular complexity index is 596. The van der Waals surface area contributed by atoms with Gasteiger partial charge < -0.3 is 19.7 Å². The molecule has 1 aromatic carbocycles. The zero-order valence-corrected chi connectivity index (χ0v) is 11.7. The molecule has 19 heavy (non-hydrogen) atoms. The number of nitrogens with zero attached hydrogens (tertiary/aromatic N) is 1. The predicted molar refractivity (Wildman–Crippen MR) is 73.8 cm³/mol. The normalized spacial score (nSPS) is 10.5. The van der Waals surface area contributed by atoms with Crippen LogP contribution in [0.5, 0.6) is 11.5 Å². The molecule has 0 saturated heterocycles. The maximum absolute atomic E-state index is 6.41. The molecule has 0 aliphatic carbocycles. The molecular formula is C13H15ClN2O3. The number of nitrogen functional groups attached to an aromatic ring is 1. The molecule has 0 saturated carbocycles. The van der Waals surface area contributed by atoms with E-state index in [-0.39, 0.29) is 5.88 Å². The van der Waals surface area contributed by atoms with Crippen molar-refractivity contribution in [2.24, 2.45) is 0 Å². The molecule has 2 rings (SSSR count). The van der Waals surface area contributed by atoms with Crippen molar-refractivity contribution < 1.29 is 14.0 Å². The molecular weight excluding hydrogens is 268 g/mol. The van der Waals surface area contributed by atoms with E-state index in [2.05, 4.69) is 5.16 Å². The first-order valence-electron chi connectivity index (χ1n) is 5.78. The van der Waals surface area contributed by atoms with Gasteiger partial charge in [0.05, 0.1) is 24.8 Å². The molecule has 0 atom stereocenters. The smallest absolute Gasteiger partial charge is 0.222 e. The fraction of sp³-hybridized carbons (Fsp3) is 0.308. The second-order valence-corrected chi connectivity index (χ2v) is 4.31. The summed E-state index contributed by atoms with van der Waals surface area (Å²) in [6.45, 7) is 2.01. The third-order valence-electron chi connectivity index (χ3n) is 2.85.